The van der Waals surface area contributed by atoms with Crippen molar-refractivity contribution in [3.63, 3.8) is 0 Å². The number of ether oxygens (including phenoxy) is 1. The molecule has 6 heteroatoms. The van der Waals surface area contributed by atoms with Gasteiger partial charge in [0.25, 0.3) is 11.8 Å². The van der Waals surface area contributed by atoms with Crippen molar-refractivity contribution in [3.8, 4) is 5.75 Å². The lowest BCUT2D eigenvalue weighted by Gasteiger charge is -2.37. The van der Waals surface area contributed by atoms with Crippen LogP contribution in [0.2, 0.25) is 0 Å². The number of thiophene rings is 1. The Labute approximate surface area is 169 Å². The molecule has 1 aromatic heterocycles. The zero-order chi connectivity index (χ0) is 19.8. The van der Waals surface area contributed by atoms with E-state index in [2.05, 4.69) is 18.7 Å². The van der Waals surface area contributed by atoms with Gasteiger partial charge in [-0.15, -0.1) is 11.3 Å². The van der Waals surface area contributed by atoms with Gasteiger partial charge >= 0.3 is 0 Å². The number of piperidine rings is 1. The molecule has 5 nitrogen and oxygen atoms in total. The van der Waals surface area contributed by atoms with E-state index < -0.39 is 0 Å². The number of hydrogen-bond acceptors (Lipinski definition) is 5. The maximum Gasteiger partial charge on any atom is 0.282 e. The number of carbonyl (C=O) groups excluding carboxylic acids is 2. The van der Waals surface area contributed by atoms with Gasteiger partial charge < -0.3 is 9.64 Å². The molecule has 3 heterocycles. The number of anilines is 1. The second-order valence-corrected chi connectivity index (χ2v) is 8.64. The molecule has 2 aliphatic heterocycles. The summed E-state index contributed by atoms with van der Waals surface area (Å²) in [4.78, 5) is 31.1. The first-order valence-electron chi connectivity index (χ1n) is 9.55. The van der Waals surface area contributed by atoms with Crippen LogP contribution in [0, 0.1) is 11.8 Å². The van der Waals surface area contributed by atoms with Gasteiger partial charge in [0, 0.05) is 18.0 Å². The maximum absolute atomic E-state index is 13.5. The molecule has 1 saturated heterocycles. The number of hydrogen-bond donors (Lipinski definition) is 0. The first-order chi connectivity index (χ1) is 13.5. The Morgan fingerprint density at radius 2 is 1.68 bits per heavy atom. The van der Waals surface area contributed by atoms with Crippen LogP contribution >= 0.6 is 11.3 Å². The van der Waals surface area contributed by atoms with Crippen LogP contribution < -0.4 is 9.64 Å². The molecule has 4 rings (SSSR count). The van der Waals surface area contributed by atoms with Crippen LogP contribution in [0.15, 0.2) is 47.5 Å². The average Bonchev–Trinajstić information content (AvgIpc) is 3.27. The van der Waals surface area contributed by atoms with E-state index in [-0.39, 0.29) is 11.8 Å². The molecule has 0 spiro atoms. The lowest BCUT2D eigenvalue weighted by Crippen LogP contribution is -2.41. The molecule has 146 valence electrons. The molecule has 1 fully saturated rings. The Hall–Kier alpha value is -2.60. The predicted octanol–water partition coefficient (Wildman–Crippen LogP) is 4.02. The minimum Gasteiger partial charge on any atom is -0.497 e. The van der Waals surface area contributed by atoms with Gasteiger partial charge in [-0.3, -0.25) is 9.59 Å². The maximum atomic E-state index is 13.5. The van der Waals surface area contributed by atoms with E-state index in [0.717, 1.165) is 24.4 Å². The second-order valence-electron chi connectivity index (χ2n) is 7.70. The van der Waals surface area contributed by atoms with E-state index in [1.165, 1.54) is 16.2 Å². The number of rotatable bonds is 4. The Morgan fingerprint density at radius 1 is 1.00 bits per heavy atom. The highest BCUT2D eigenvalue weighted by Crippen LogP contribution is 2.38. The number of nitrogens with zero attached hydrogens (tertiary/aromatic N) is 2. The number of methoxy groups -OCH3 is 1. The third-order valence-electron chi connectivity index (χ3n) is 5.34. The standard InChI is InChI=1S/C22H24N2O3S/c1-14-11-15(2)13-23(12-14)20-19(18-5-4-10-28-18)21(25)24(22(20)26)16-6-8-17(27-3)9-7-16/h4-10,14-15H,11-13H2,1-3H3. The predicted molar refractivity (Wildman–Crippen MR) is 111 cm³/mol. The summed E-state index contributed by atoms with van der Waals surface area (Å²) in [7, 11) is 1.59. The first-order valence-corrected chi connectivity index (χ1v) is 10.4. The van der Waals surface area contributed by atoms with Crippen molar-refractivity contribution >= 4 is 34.4 Å². The summed E-state index contributed by atoms with van der Waals surface area (Å²) in [5.41, 5.74) is 1.64. The molecule has 0 saturated carbocycles. The van der Waals surface area contributed by atoms with E-state index in [1.807, 2.05) is 17.5 Å². The normalized spacial score (nSPS) is 23.0. The Balaban J connectivity index is 1.77. The molecule has 0 bridgehead atoms. The summed E-state index contributed by atoms with van der Waals surface area (Å²) in [6.45, 7) is 6.00. The number of carbonyl (C=O) groups is 2. The van der Waals surface area contributed by atoms with E-state index in [0.29, 0.717) is 34.5 Å². The van der Waals surface area contributed by atoms with Crippen molar-refractivity contribution in [1.82, 2.24) is 4.90 Å². The summed E-state index contributed by atoms with van der Waals surface area (Å²) >= 11 is 1.49. The largest absolute Gasteiger partial charge is 0.497 e. The summed E-state index contributed by atoms with van der Waals surface area (Å²) in [5.74, 6) is 1.17. The SMILES string of the molecule is COc1ccc(N2C(=O)C(c3cccs3)=C(N3CC(C)CC(C)C3)C2=O)cc1. The second kappa shape index (κ2) is 7.43. The molecule has 2 unspecified atom stereocenters. The van der Waals surface area contributed by atoms with Gasteiger partial charge in [-0.25, -0.2) is 4.90 Å². The highest BCUT2D eigenvalue weighted by atomic mass is 32.1. The monoisotopic (exact) mass is 396 g/mol. The zero-order valence-corrected chi connectivity index (χ0v) is 17.2. The molecule has 0 aliphatic carbocycles. The van der Waals surface area contributed by atoms with Crippen molar-refractivity contribution in [2.45, 2.75) is 20.3 Å². The lowest BCUT2D eigenvalue weighted by molar-refractivity contribution is -0.120. The highest BCUT2D eigenvalue weighted by Gasteiger charge is 2.44. The van der Waals surface area contributed by atoms with Gasteiger partial charge in [0.1, 0.15) is 11.4 Å². The lowest BCUT2D eigenvalue weighted by atomic mass is 9.91. The Bertz CT molecular complexity index is 908. The van der Waals surface area contributed by atoms with Gasteiger partial charge in [-0.05, 0) is 54.0 Å². The van der Waals surface area contributed by atoms with Crippen molar-refractivity contribution in [1.29, 1.82) is 0 Å². The van der Waals surface area contributed by atoms with Crippen LogP contribution in [0.3, 0.4) is 0 Å². The van der Waals surface area contributed by atoms with Crippen LogP contribution in [0.4, 0.5) is 5.69 Å². The molecule has 2 atom stereocenters. The minimum absolute atomic E-state index is 0.236. The van der Waals surface area contributed by atoms with Gasteiger partial charge in [0.05, 0.1) is 18.4 Å². The molecular weight excluding hydrogens is 372 g/mol. The minimum atomic E-state index is -0.251. The third kappa shape index (κ3) is 3.22. The van der Waals surface area contributed by atoms with E-state index >= 15 is 0 Å². The van der Waals surface area contributed by atoms with Gasteiger partial charge in [-0.1, -0.05) is 19.9 Å². The topological polar surface area (TPSA) is 49.9 Å². The molecule has 0 N–H and O–H groups in total. The molecule has 1 aromatic carbocycles. The Kier molecular flexibility index (Phi) is 4.98. The van der Waals surface area contributed by atoms with Gasteiger partial charge in [-0.2, -0.15) is 0 Å². The fourth-order valence-electron chi connectivity index (χ4n) is 4.27. The van der Waals surface area contributed by atoms with Crippen LogP contribution in [-0.4, -0.2) is 36.9 Å². The third-order valence-corrected chi connectivity index (χ3v) is 6.23. The fourth-order valence-corrected chi connectivity index (χ4v) is 5.03. The van der Waals surface area contributed by atoms with Gasteiger partial charge in [0.15, 0.2) is 0 Å². The summed E-state index contributed by atoms with van der Waals surface area (Å²) in [6, 6.07) is 10.9. The quantitative estimate of drug-likeness (QED) is 0.733. The van der Waals surface area contributed by atoms with Crippen molar-refractivity contribution in [3.05, 3.63) is 52.4 Å². The summed E-state index contributed by atoms with van der Waals surface area (Å²) in [6.07, 6.45) is 1.14. The van der Waals surface area contributed by atoms with Crippen molar-refractivity contribution in [2.24, 2.45) is 11.8 Å². The van der Waals surface area contributed by atoms with Crippen LogP contribution in [-0.2, 0) is 9.59 Å². The Morgan fingerprint density at radius 3 is 2.25 bits per heavy atom. The zero-order valence-electron chi connectivity index (χ0n) is 16.3. The van der Waals surface area contributed by atoms with Crippen molar-refractivity contribution < 1.29 is 14.3 Å². The van der Waals surface area contributed by atoms with E-state index in [9.17, 15) is 9.59 Å². The number of imide groups is 1. The smallest absolute Gasteiger partial charge is 0.282 e. The van der Waals surface area contributed by atoms with E-state index in [4.69, 9.17) is 4.74 Å². The summed E-state index contributed by atoms with van der Waals surface area (Å²) < 4.78 is 5.20. The highest BCUT2D eigenvalue weighted by molar-refractivity contribution is 7.11. The molecule has 2 aliphatic rings. The average molecular weight is 397 g/mol. The van der Waals surface area contributed by atoms with Gasteiger partial charge in [0.2, 0.25) is 0 Å². The summed E-state index contributed by atoms with van der Waals surface area (Å²) in [5, 5.41) is 1.94. The molecule has 0 radical (unpaired) electrons. The van der Waals surface area contributed by atoms with E-state index in [1.54, 1.807) is 31.4 Å². The van der Waals surface area contributed by atoms with Crippen LogP contribution in [0.5, 0.6) is 5.75 Å². The number of benzene rings is 1. The molecule has 2 amide bonds. The van der Waals surface area contributed by atoms with Crippen LogP contribution in [0.1, 0.15) is 25.1 Å². The molecule has 28 heavy (non-hydrogen) atoms. The number of amides is 2. The fraction of sp³-hybridized carbons (Fsp3) is 0.364. The molecule has 2 aromatic rings. The van der Waals surface area contributed by atoms with Crippen LogP contribution in [0.25, 0.3) is 5.57 Å². The van der Waals surface area contributed by atoms with Crippen molar-refractivity contribution in [2.75, 3.05) is 25.1 Å². The first kappa shape index (κ1) is 18.7. The molecular formula is C22H24N2O3S. The number of likely N-dealkylation sites (tertiary alicyclic amines) is 1.